The second kappa shape index (κ2) is 7.94. The number of benzene rings is 2. The minimum atomic E-state index is -4.72. The lowest BCUT2D eigenvalue weighted by atomic mass is 10.1. The Morgan fingerprint density at radius 2 is 1.90 bits per heavy atom. The second-order valence-corrected chi connectivity index (χ2v) is 6.30. The van der Waals surface area contributed by atoms with Gasteiger partial charge in [0.2, 0.25) is 0 Å². The number of amides is 1. The molecule has 3 rings (SSSR count). The normalized spacial score (nSPS) is 11.5. The molecule has 0 fully saturated rings. The molecule has 0 aliphatic rings. The van der Waals surface area contributed by atoms with Crippen molar-refractivity contribution in [2.75, 3.05) is 13.7 Å². The van der Waals surface area contributed by atoms with Crippen molar-refractivity contribution in [2.24, 2.45) is 0 Å². The predicted octanol–water partition coefficient (Wildman–Crippen LogP) is 3.99. The van der Waals surface area contributed by atoms with Gasteiger partial charge in [0, 0.05) is 31.1 Å². The van der Waals surface area contributed by atoms with Crippen LogP contribution in [0.2, 0.25) is 0 Å². The molecule has 9 heteroatoms. The molecule has 1 heterocycles. The largest absolute Gasteiger partial charge is 0.484 e. The minimum Gasteiger partial charge on any atom is -0.484 e. The maximum Gasteiger partial charge on any atom is 0.417 e. The number of carbonyl (C=O) groups excluding carboxylic acids is 1. The average Bonchev–Trinajstić information content (AvgIpc) is 2.64. The molecule has 5 nitrogen and oxygen atoms in total. The topological polar surface area (TPSA) is 59.8 Å². The molecule has 0 bridgehead atoms. The average molecular weight is 409 g/mol. The minimum absolute atomic E-state index is 0.0625. The lowest BCUT2D eigenvalue weighted by Gasteiger charge is -2.18. The van der Waals surface area contributed by atoms with Crippen LogP contribution in [-0.2, 0) is 17.5 Å². The van der Waals surface area contributed by atoms with Crippen molar-refractivity contribution >= 4 is 16.9 Å². The summed E-state index contributed by atoms with van der Waals surface area (Å²) in [6.07, 6.45) is -4.72. The maximum absolute atomic E-state index is 13.2. The summed E-state index contributed by atoms with van der Waals surface area (Å²) in [5, 5.41) is -0.293. The standard InChI is InChI=1S/C20H15F4NO4/c1-25(10-12-3-2-4-13(21)7-12)18(26)11-28-14-5-6-15-16(20(22,23)24)9-19(27)29-17(15)8-14/h2-9H,10-11H2,1H3. The Labute approximate surface area is 162 Å². The van der Waals surface area contributed by atoms with Crippen LogP contribution in [0.25, 0.3) is 11.0 Å². The first-order chi connectivity index (χ1) is 13.6. The molecule has 152 valence electrons. The van der Waals surface area contributed by atoms with Crippen molar-refractivity contribution in [3.63, 3.8) is 0 Å². The lowest BCUT2D eigenvalue weighted by molar-refractivity contribution is -0.136. The Morgan fingerprint density at radius 1 is 1.14 bits per heavy atom. The predicted molar refractivity (Wildman–Crippen MR) is 95.9 cm³/mol. The zero-order valence-corrected chi connectivity index (χ0v) is 15.1. The molecule has 1 amide bonds. The van der Waals surface area contributed by atoms with Crippen molar-refractivity contribution in [3.8, 4) is 5.75 Å². The summed E-state index contributed by atoms with van der Waals surface area (Å²) >= 11 is 0. The first-order valence-electron chi connectivity index (χ1n) is 8.40. The molecule has 0 unspecified atom stereocenters. The van der Waals surface area contributed by atoms with Gasteiger partial charge < -0.3 is 14.1 Å². The Balaban J connectivity index is 1.72. The summed E-state index contributed by atoms with van der Waals surface area (Å²) in [4.78, 5) is 24.9. The van der Waals surface area contributed by atoms with E-state index in [9.17, 15) is 27.2 Å². The van der Waals surface area contributed by atoms with Gasteiger partial charge in [0.05, 0.1) is 5.56 Å². The number of fused-ring (bicyclic) bond motifs is 1. The molecule has 0 radical (unpaired) electrons. The van der Waals surface area contributed by atoms with Crippen LogP contribution in [0.4, 0.5) is 17.6 Å². The van der Waals surface area contributed by atoms with Crippen LogP contribution in [0, 0.1) is 5.82 Å². The fourth-order valence-corrected chi connectivity index (χ4v) is 2.72. The summed E-state index contributed by atoms with van der Waals surface area (Å²) < 4.78 is 62.5. The SMILES string of the molecule is CN(Cc1cccc(F)c1)C(=O)COc1ccc2c(C(F)(F)F)cc(=O)oc2c1. The van der Waals surface area contributed by atoms with Crippen molar-refractivity contribution in [1.82, 2.24) is 4.90 Å². The highest BCUT2D eigenvalue weighted by molar-refractivity contribution is 5.82. The number of carbonyl (C=O) groups is 1. The van der Waals surface area contributed by atoms with E-state index in [-0.39, 0.29) is 23.3 Å². The van der Waals surface area contributed by atoms with E-state index in [0.717, 1.165) is 12.1 Å². The number of likely N-dealkylation sites (N-methyl/N-ethyl adjacent to an activating group) is 1. The van der Waals surface area contributed by atoms with Gasteiger partial charge >= 0.3 is 11.8 Å². The first kappa shape index (κ1) is 20.4. The Hall–Kier alpha value is -3.36. The van der Waals surface area contributed by atoms with Crippen LogP contribution < -0.4 is 10.4 Å². The highest BCUT2D eigenvalue weighted by Crippen LogP contribution is 2.34. The molecular formula is C20H15F4NO4. The Bertz CT molecular complexity index is 1110. The van der Waals surface area contributed by atoms with Crippen LogP contribution >= 0.6 is 0 Å². The molecule has 0 saturated carbocycles. The van der Waals surface area contributed by atoms with Crippen LogP contribution in [0.3, 0.4) is 0 Å². The van der Waals surface area contributed by atoms with Gasteiger partial charge in [-0.15, -0.1) is 0 Å². The van der Waals surface area contributed by atoms with Gasteiger partial charge in [-0.3, -0.25) is 4.79 Å². The third-order valence-corrected chi connectivity index (χ3v) is 4.12. The molecule has 0 spiro atoms. The monoisotopic (exact) mass is 409 g/mol. The number of hydrogen-bond acceptors (Lipinski definition) is 4. The number of nitrogens with zero attached hydrogens (tertiary/aromatic N) is 1. The second-order valence-electron chi connectivity index (χ2n) is 6.30. The third-order valence-electron chi connectivity index (χ3n) is 4.12. The van der Waals surface area contributed by atoms with Crippen LogP contribution in [-0.4, -0.2) is 24.5 Å². The van der Waals surface area contributed by atoms with Gasteiger partial charge in [-0.25, -0.2) is 9.18 Å². The van der Waals surface area contributed by atoms with Crippen molar-refractivity contribution in [3.05, 3.63) is 75.9 Å². The van der Waals surface area contributed by atoms with Crippen LogP contribution in [0.5, 0.6) is 5.75 Å². The molecule has 0 aliphatic heterocycles. The van der Waals surface area contributed by atoms with Gasteiger partial charge in [0.15, 0.2) is 6.61 Å². The molecule has 2 aromatic carbocycles. The van der Waals surface area contributed by atoms with Gasteiger partial charge in [-0.2, -0.15) is 13.2 Å². The summed E-state index contributed by atoms with van der Waals surface area (Å²) in [7, 11) is 1.51. The van der Waals surface area contributed by atoms with Gasteiger partial charge in [0.25, 0.3) is 5.91 Å². The molecule has 3 aromatic rings. The third kappa shape index (κ3) is 4.92. The van der Waals surface area contributed by atoms with Gasteiger partial charge in [0.1, 0.15) is 17.1 Å². The molecule has 29 heavy (non-hydrogen) atoms. The van der Waals surface area contributed by atoms with E-state index in [1.807, 2.05) is 0 Å². The lowest BCUT2D eigenvalue weighted by Crippen LogP contribution is -2.31. The van der Waals surface area contributed by atoms with E-state index in [2.05, 4.69) is 0 Å². The molecule has 0 N–H and O–H groups in total. The molecule has 0 atom stereocenters. The van der Waals surface area contributed by atoms with Crippen LogP contribution in [0.1, 0.15) is 11.1 Å². The van der Waals surface area contributed by atoms with E-state index in [0.29, 0.717) is 11.6 Å². The highest BCUT2D eigenvalue weighted by atomic mass is 19.4. The first-order valence-corrected chi connectivity index (χ1v) is 8.40. The van der Waals surface area contributed by atoms with E-state index >= 15 is 0 Å². The van der Waals surface area contributed by atoms with E-state index in [4.69, 9.17) is 9.15 Å². The van der Waals surface area contributed by atoms with Gasteiger partial charge in [-0.05, 0) is 29.8 Å². The smallest absolute Gasteiger partial charge is 0.417 e. The molecule has 0 aliphatic carbocycles. The maximum atomic E-state index is 13.2. The summed E-state index contributed by atoms with van der Waals surface area (Å²) in [5.41, 5.74) is -1.97. The van der Waals surface area contributed by atoms with Crippen molar-refractivity contribution in [1.29, 1.82) is 0 Å². The number of ether oxygens (including phenoxy) is 1. The van der Waals surface area contributed by atoms with Crippen molar-refractivity contribution < 1.29 is 31.5 Å². The summed E-state index contributed by atoms with van der Waals surface area (Å²) in [6, 6.07) is 9.63. The van der Waals surface area contributed by atoms with Gasteiger partial charge in [-0.1, -0.05) is 12.1 Å². The molecular weight excluding hydrogens is 394 g/mol. The number of halogens is 4. The number of hydrogen-bond donors (Lipinski definition) is 0. The summed E-state index contributed by atoms with van der Waals surface area (Å²) in [6.45, 7) is -0.248. The zero-order valence-electron chi connectivity index (χ0n) is 15.1. The van der Waals surface area contributed by atoms with E-state index < -0.39 is 35.7 Å². The number of alkyl halides is 3. The zero-order chi connectivity index (χ0) is 21.2. The summed E-state index contributed by atoms with van der Waals surface area (Å²) in [5.74, 6) is -0.789. The molecule has 1 aromatic heterocycles. The fourth-order valence-electron chi connectivity index (χ4n) is 2.72. The molecule has 0 saturated heterocycles. The van der Waals surface area contributed by atoms with Crippen LogP contribution in [0.15, 0.2) is 57.7 Å². The Kier molecular flexibility index (Phi) is 5.58. The van der Waals surface area contributed by atoms with E-state index in [1.54, 1.807) is 6.07 Å². The van der Waals surface area contributed by atoms with E-state index in [1.165, 1.54) is 36.2 Å². The Morgan fingerprint density at radius 3 is 2.59 bits per heavy atom. The quantitative estimate of drug-likeness (QED) is 0.472. The highest BCUT2D eigenvalue weighted by Gasteiger charge is 2.33. The number of rotatable bonds is 5. The fraction of sp³-hybridized carbons (Fsp3) is 0.200. The van der Waals surface area contributed by atoms with Crippen molar-refractivity contribution in [2.45, 2.75) is 12.7 Å².